The van der Waals surface area contributed by atoms with Gasteiger partial charge in [-0.25, -0.2) is 14.1 Å². The normalized spacial score (nSPS) is 27.8. The molecule has 0 bridgehead atoms. The number of rotatable bonds is 8. The Labute approximate surface area is 150 Å². The second kappa shape index (κ2) is 8.29. The molecule has 1 aromatic rings. The van der Waals surface area contributed by atoms with E-state index in [0.717, 1.165) is 4.57 Å². The van der Waals surface area contributed by atoms with Gasteiger partial charge in [-0.2, -0.15) is 0 Å². The van der Waals surface area contributed by atoms with Crippen LogP contribution in [0.2, 0.25) is 0 Å². The minimum atomic E-state index is -6.09. The van der Waals surface area contributed by atoms with Gasteiger partial charge in [0.1, 0.15) is 12.3 Å². The SMILES string of the molecule is O=c1ncccn1C1CC(O)C(COP(=O)([O-])OP(=O)([O-])OP(=O)([O-])[O-])O1. The molecular formula is C9H11N2O13P3-4. The summed E-state index contributed by atoms with van der Waals surface area (Å²) in [6, 6.07) is 1.41. The predicted molar refractivity (Wildman–Crippen MR) is 74.0 cm³/mol. The summed E-state index contributed by atoms with van der Waals surface area (Å²) in [5.41, 5.74) is -0.696. The molecule has 0 saturated carbocycles. The van der Waals surface area contributed by atoms with E-state index in [1.807, 2.05) is 0 Å². The number of phosphoric acid groups is 3. The molecule has 1 aliphatic rings. The van der Waals surface area contributed by atoms with Gasteiger partial charge in [-0.05, 0) is 6.07 Å². The first-order chi connectivity index (χ1) is 12.3. The van der Waals surface area contributed by atoms with E-state index in [0.29, 0.717) is 0 Å². The molecule has 27 heavy (non-hydrogen) atoms. The molecule has 5 unspecified atom stereocenters. The minimum absolute atomic E-state index is 0.137. The summed E-state index contributed by atoms with van der Waals surface area (Å²) in [6.45, 7) is -0.945. The lowest BCUT2D eigenvalue weighted by atomic mass is 10.2. The molecule has 18 heteroatoms. The second-order valence-electron chi connectivity index (χ2n) is 5.04. The summed E-state index contributed by atoms with van der Waals surface area (Å²) in [7, 11) is -17.9. The van der Waals surface area contributed by atoms with E-state index in [2.05, 4.69) is 18.1 Å². The van der Waals surface area contributed by atoms with Gasteiger partial charge in [-0.3, -0.25) is 18.0 Å². The van der Waals surface area contributed by atoms with Gasteiger partial charge in [-0.15, -0.1) is 0 Å². The van der Waals surface area contributed by atoms with Crippen LogP contribution in [-0.4, -0.2) is 33.5 Å². The zero-order chi connectivity index (χ0) is 20.5. The standard InChI is InChI=1S/C9H15N2O13P3/c12-6-4-8(11-3-1-2-10-9(11)13)22-7(6)5-21-26(17,18)24-27(19,20)23-25(14,15)16/h1-3,6-8,12H,4-5H2,(H,17,18)(H,19,20)(H2,14,15,16)/p-4. The number of aliphatic hydroxyl groups excluding tert-OH is 1. The summed E-state index contributed by atoms with van der Waals surface area (Å²) < 4.78 is 49.6. The van der Waals surface area contributed by atoms with Crippen molar-refractivity contribution >= 4 is 23.5 Å². The number of phosphoric ester groups is 1. The van der Waals surface area contributed by atoms with Gasteiger partial charge in [0.25, 0.3) is 15.6 Å². The van der Waals surface area contributed by atoms with Crippen LogP contribution in [0.5, 0.6) is 0 Å². The number of hydrogen-bond donors (Lipinski definition) is 1. The van der Waals surface area contributed by atoms with Crippen LogP contribution >= 0.6 is 23.5 Å². The van der Waals surface area contributed by atoms with Crippen molar-refractivity contribution in [2.75, 3.05) is 6.61 Å². The van der Waals surface area contributed by atoms with Crippen molar-refractivity contribution in [3.63, 3.8) is 0 Å². The third-order valence-electron chi connectivity index (χ3n) is 3.05. The minimum Gasteiger partial charge on any atom is -0.790 e. The molecule has 2 rings (SSSR count). The molecule has 0 aromatic carbocycles. The average molecular weight is 448 g/mol. The Hall–Kier alpha value is -0.790. The Morgan fingerprint density at radius 1 is 1.22 bits per heavy atom. The van der Waals surface area contributed by atoms with Crippen molar-refractivity contribution in [2.24, 2.45) is 0 Å². The van der Waals surface area contributed by atoms with E-state index in [1.165, 1.54) is 18.5 Å². The Kier molecular flexibility index (Phi) is 6.91. The number of hydrogen-bond acceptors (Lipinski definition) is 14. The van der Waals surface area contributed by atoms with E-state index in [9.17, 15) is 43.2 Å². The van der Waals surface area contributed by atoms with E-state index >= 15 is 0 Å². The summed E-state index contributed by atoms with van der Waals surface area (Å²) in [4.78, 5) is 58.0. The van der Waals surface area contributed by atoms with Gasteiger partial charge in [0.05, 0.1) is 20.5 Å². The molecule has 0 aliphatic carbocycles. The molecule has 1 aliphatic heterocycles. The smallest absolute Gasteiger partial charge is 0.349 e. The molecule has 0 spiro atoms. The van der Waals surface area contributed by atoms with Gasteiger partial charge < -0.3 is 38.5 Å². The molecule has 5 atom stereocenters. The third-order valence-corrected chi connectivity index (χ3v) is 6.72. The van der Waals surface area contributed by atoms with E-state index in [4.69, 9.17) is 4.74 Å². The van der Waals surface area contributed by atoms with Crippen molar-refractivity contribution in [1.82, 2.24) is 9.55 Å². The van der Waals surface area contributed by atoms with E-state index < -0.39 is 54.2 Å². The molecule has 1 aromatic heterocycles. The first-order valence-electron chi connectivity index (χ1n) is 6.86. The molecule has 0 amide bonds. The van der Waals surface area contributed by atoms with Gasteiger partial charge in [0.15, 0.2) is 0 Å². The molecule has 1 fully saturated rings. The number of ether oxygens (including phenoxy) is 1. The van der Waals surface area contributed by atoms with Crippen LogP contribution < -0.4 is 25.3 Å². The zero-order valence-electron chi connectivity index (χ0n) is 13.0. The molecule has 15 nitrogen and oxygen atoms in total. The van der Waals surface area contributed by atoms with Crippen molar-refractivity contribution in [3.05, 3.63) is 28.9 Å². The molecule has 1 saturated heterocycles. The summed E-state index contributed by atoms with van der Waals surface area (Å²) in [5, 5.41) is 9.86. The molecule has 154 valence electrons. The maximum atomic E-state index is 11.6. The van der Waals surface area contributed by atoms with Crippen molar-refractivity contribution in [1.29, 1.82) is 0 Å². The van der Waals surface area contributed by atoms with Gasteiger partial charge in [-0.1, -0.05) is 0 Å². The third kappa shape index (κ3) is 6.95. The Bertz CT molecular complexity index is 867. The molecule has 0 radical (unpaired) electrons. The molecule has 1 N–H and O–H groups in total. The zero-order valence-corrected chi connectivity index (χ0v) is 15.6. The summed E-state index contributed by atoms with van der Waals surface area (Å²) in [5.74, 6) is 0. The van der Waals surface area contributed by atoms with Gasteiger partial charge in [0.2, 0.25) is 0 Å². The Balaban J connectivity index is 1.96. The monoisotopic (exact) mass is 448 g/mol. The fraction of sp³-hybridized carbons (Fsp3) is 0.556. The molecule has 2 heterocycles. The quantitative estimate of drug-likeness (QED) is 0.384. The first kappa shape index (κ1) is 22.5. The lowest BCUT2D eigenvalue weighted by Crippen LogP contribution is -2.28. The van der Waals surface area contributed by atoms with Crippen molar-refractivity contribution in [3.8, 4) is 0 Å². The van der Waals surface area contributed by atoms with Gasteiger partial charge >= 0.3 is 5.69 Å². The van der Waals surface area contributed by atoms with Crippen LogP contribution in [0.3, 0.4) is 0 Å². The fourth-order valence-electron chi connectivity index (χ4n) is 2.07. The van der Waals surface area contributed by atoms with Crippen LogP contribution in [0.4, 0.5) is 0 Å². The van der Waals surface area contributed by atoms with Gasteiger partial charge in [0, 0.05) is 18.8 Å². The lowest BCUT2D eigenvalue weighted by Gasteiger charge is -2.37. The maximum absolute atomic E-state index is 11.6. The average Bonchev–Trinajstić information content (AvgIpc) is 2.83. The highest BCUT2D eigenvalue weighted by molar-refractivity contribution is 7.64. The first-order valence-corrected chi connectivity index (χ1v) is 11.2. The van der Waals surface area contributed by atoms with E-state index in [-0.39, 0.29) is 6.42 Å². The highest BCUT2D eigenvalue weighted by Gasteiger charge is 2.36. The van der Waals surface area contributed by atoms with Crippen LogP contribution in [0, 0.1) is 0 Å². The van der Waals surface area contributed by atoms with Crippen molar-refractivity contribution < 1.29 is 56.3 Å². The van der Waals surface area contributed by atoms with Crippen LogP contribution in [0.15, 0.2) is 23.3 Å². The number of nitrogens with zero attached hydrogens (tertiary/aromatic N) is 2. The number of aromatic nitrogens is 2. The summed E-state index contributed by atoms with van der Waals surface area (Å²) >= 11 is 0. The number of aliphatic hydroxyl groups is 1. The second-order valence-corrected chi connectivity index (χ2v) is 9.29. The summed E-state index contributed by atoms with van der Waals surface area (Å²) in [6.07, 6.45) is -1.22. The largest absolute Gasteiger partial charge is 0.790 e. The van der Waals surface area contributed by atoms with Crippen LogP contribution in [0.25, 0.3) is 0 Å². The Morgan fingerprint density at radius 2 is 1.89 bits per heavy atom. The fourth-order valence-corrected chi connectivity index (χ4v) is 4.94. The van der Waals surface area contributed by atoms with Crippen LogP contribution in [0.1, 0.15) is 12.6 Å². The topological polar surface area (TPSA) is 235 Å². The van der Waals surface area contributed by atoms with E-state index in [1.54, 1.807) is 0 Å². The maximum Gasteiger partial charge on any atom is 0.349 e. The van der Waals surface area contributed by atoms with Crippen LogP contribution in [-0.2, 0) is 31.6 Å². The highest BCUT2D eigenvalue weighted by Crippen LogP contribution is 2.60. The molecular weight excluding hydrogens is 437 g/mol. The lowest BCUT2D eigenvalue weighted by molar-refractivity contribution is -0.339. The highest BCUT2D eigenvalue weighted by atomic mass is 31.3. The predicted octanol–water partition coefficient (Wildman–Crippen LogP) is -3.29. The Morgan fingerprint density at radius 3 is 2.48 bits per heavy atom. The van der Waals surface area contributed by atoms with Crippen molar-refractivity contribution in [2.45, 2.75) is 24.9 Å².